The number of carbonyl (C=O) groups excluding carboxylic acids is 2. The maximum absolute atomic E-state index is 11.4. The smallest absolute Gasteiger partial charge is 0.336 e. The lowest BCUT2D eigenvalue weighted by Gasteiger charge is -2.33. The van der Waals surface area contributed by atoms with E-state index in [4.69, 9.17) is 9.84 Å². The third-order valence-corrected chi connectivity index (χ3v) is 2.48. The number of aliphatic hydroxyl groups is 1. The van der Waals surface area contributed by atoms with Crippen LogP contribution in [0.4, 0.5) is 0 Å². The van der Waals surface area contributed by atoms with Crippen molar-refractivity contribution in [1.29, 1.82) is 0 Å². The van der Waals surface area contributed by atoms with Crippen LogP contribution in [-0.4, -0.2) is 47.9 Å². The molecule has 2 atom stereocenters. The minimum absolute atomic E-state index is 0.142. The molecular formula is C9H11NO5. The Morgan fingerprint density at radius 1 is 1.80 bits per heavy atom. The zero-order chi connectivity index (χ0) is 11.0. The topological polar surface area (TPSA) is 76.1 Å². The van der Waals surface area contributed by atoms with E-state index < -0.39 is 12.0 Å². The average molecular weight is 213 g/mol. The summed E-state index contributed by atoms with van der Waals surface area (Å²) in [6, 6.07) is -0.826. The summed E-state index contributed by atoms with van der Waals surface area (Å²) < 4.78 is 9.89. The van der Waals surface area contributed by atoms with Crippen LogP contribution in [-0.2, 0) is 19.1 Å². The normalized spacial score (nSPS) is 30.9. The third-order valence-electron chi connectivity index (χ3n) is 2.48. The van der Waals surface area contributed by atoms with Crippen LogP contribution in [0, 0.1) is 0 Å². The van der Waals surface area contributed by atoms with Crippen LogP contribution in [0.2, 0.25) is 0 Å². The molecular weight excluding hydrogens is 202 g/mol. The predicted molar refractivity (Wildman–Crippen MR) is 47.3 cm³/mol. The first-order valence-electron chi connectivity index (χ1n) is 4.55. The van der Waals surface area contributed by atoms with Crippen LogP contribution < -0.4 is 0 Å². The number of hydrogen-bond acceptors (Lipinski definition) is 5. The van der Waals surface area contributed by atoms with Crippen molar-refractivity contribution in [2.75, 3.05) is 13.7 Å². The molecule has 2 aliphatic heterocycles. The molecule has 2 saturated heterocycles. The number of amides is 1. The molecule has 2 heterocycles. The number of fused-ring (bicyclic) bond motifs is 1. The van der Waals surface area contributed by atoms with Gasteiger partial charge in [-0.1, -0.05) is 0 Å². The molecule has 0 unspecified atom stereocenters. The lowest BCUT2D eigenvalue weighted by molar-refractivity contribution is -0.164. The van der Waals surface area contributed by atoms with Gasteiger partial charge in [-0.25, -0.2) is 4.79 Å². The summed E-state index contributed by atoms with van der Waals surface area (Å²) >= 11 is 0. The van der Waals surface area contributed by atoms with Crippen molar-refractivity contribution >= 4 is 11.9 Å². The summed E-state index contributed by atoms with van der Waals surface area (Å²) in [5.41, 5.74) is 0. The minimum Gasteiger partial charge on any atom is -0.472 e. The summed E-state index contributed by atoms with van der Waals surface area (Å²) in [7, 11) is 1.25. The molecule has 0 bridgehead atoms. The highest BCUT2D eigenvalue weighted by Gasteiger charge is 2.53. The number of aliphatic hydroxyl groups excluding tert-OH is 1. The van der Waals surface area contributed by atoms with Gasteiger partial charge in [-0.15, -0.1) is 0 Å². The number of nitrogens with zero attached hydrogens (tertiary/aromatic N) is 1. The molecule has 0 spiro atoms. The fourth-order valence-electron chi connectivity index (χ4n) is 1.76. The summed E-state index contributed by atoms with van der Waals surface area (Å²) in [6.07, 6.45) is 1.27. The van der Waals surface area contributed by atoms with Crippen molar-refractivity contribution in [1.82, 2.24) is 4.90 Å². The highest BCUT2D eigenvalue weighted by Crippen LogP contribution is 2.36. The number of methoxy groups -OCH3 is 1. The van der Waals surface area contributed by atoms with E-state index in [0.717, 1.165) is 0 Å². The van der Waals surface area contributed by atoms with Crippen molar-refractivity contribution in [2.24, 2.45) is 0 Å². The monoisotopic (exact) mass is 213 g/mol. The second kappa shape index (κ2) is 3.54. The van der Waals surface area contributed by atoms with Gasteiger partial charge >= 0.3 is 5.97 Å². The fourth-order valence-corrected chi connectivity index (χ4v) is 1.76. The van der Waals surface area contributed by atoms with Crippen LogP contribution >= 0.6 is 0 Å². The van der Waals surface area contributed by atoms with Gasteiger partial charge in [-0.05, 0) is 6.08 Å². The molecule has 0 aromatic rings. The van der Waals surface area contributed by atoms with Gasteiger partial charge in [0.2, 0.25) is 5.91 Å². The van der Waals surface area contributed by atoms with Crippen molar-refractivity contribution < 1.29 is 24.2 Å². The Morgan fingerprint density at radius 2 is 2.53 bits per heavy atom. The van der Waals surface area contributed by atoms with Gasteiger partial charge in [0.15, 0.2) is 12.3 Å². The highest BCUT2D eigenvalue weighted by molar-refractivity contribution is 5.91. The van der Waals surface area contributed by atoms with Gasteiger partial charge in [0.05, 0.1) is 20.1 Å². The molecule has 15 heavy (non-hydrogen) atoms. The van der Waals surface area contributed by atoms with Gasteiger partial charge in [-0.3, -0.25) is 9.69 Å². The Morgan fingerprint density at radius 3 is 3.07 bits per heavy atom. The Balaban J connectivity index is 2.24. The molecule has 0 aliphatic carbocycles. The maximum atomic E-state index is 11.4. The first kappa shape index (κ1) is 9.97. The Hall–Kier alpha value is -1.56. The number of ether oxygens (including phenoxy) is 2. The van der Waals surface area contributed by atoms with E-state index in [-0.39, 0.29) is 25.2 Å². The van der Waals surface area contributed by atoms with Crippen LogP contribution in [0.1, 0.15) is 6.42 Å². The molecule has 1 amide bonds. The lowest BCUT2D eigenvalue weighted by Crippen LogP contribution is -2.55. The number of carbonyl (C=O) groups is 2. The number of rotatable bonds is 2. The molecule has 6 nitrogen and oxygen atoms in total. The van der Waals surface area contributed by atoms with Crippen LogP contribution in [0.3, 0.4) is 0 Å². The first-order valence-corrected chi connectivity index (χ1v) is 4.55. The van der Waals surface area contributed by atoms with E-state index in [2.05, 4.69) is 4.74 Å². The highest BCUT2D eigenvalue weighted by atomic mass is 16.6. The van der Waals surface area contributed by atoms with Crippen molar-refractivity contribution in [3.05, 3.63) is 11.8 Å². The first-order chi connectivity index (χ1) is 7.19. The van der Waals surface area contributed by atoms with Gasteiger partial charge in [0.1, 0.15) is 5.76 Å². The van der Waals surface area contributed by atoms with E-state index in [0.29, 0.717) is 5.76 Å². The SMILES string of the molecule is COC(=O)[C@H]1/C(=C/CO)O[C@@H]2CC(=O)N21. The largest absolute Gasteiger partial charge is 0.472 e. The Labute approximate surface area is 86.1 Å². The lowest BCUT2D eigenvalue weighted by atomic mass is 10.1. The number of β-lactam (4-membered cyclic amide) rings is 1. The second-order valence-electron chi connectivity index (χ2n) is 3.29. The maximum Gasteiger partial charge on any atom is 0.336 e. The number of esters is 1. The summed E-state index contributed by atoms with van der Waals surface area (Å²) in [4.78, 5) is 24.0. The molecule has 0 aromatic heterocycles. The van der Waals surface area contributed by atoms with Gasteiger partial charge in [0.25, 0.3) is 0 Å². The third kappa shape index (κ3) is 1.37. The molecule has 82 valence electrons. The standard InChI is InChI=1S/C9H11NO5/c1-14-9(13)8-5(2-3-11)15-7-4-6(12)10(7)8/h2,7-8,11H,3-4H2,1H3/b5-2-/t7-,8-/m1/s1. The Kier molecular flexibility index (Phi) is 2.36. The van der Waals surface area contributed by atoms with E-state index in [1.807, 2.05) is 0 Å². The zero-order valence-electron chi connectivity index (χ0n) is 8.17. The van der Waals surface area contributed by atoms with E-state index in [1.165, 1.54) is 18.1 Å². The second-order valence-corrected chi connectivity index (χ2v) is 3.29. The molecule has 1 N–H and O–H groups in total. The van der Waals surface area contributed by atoms with Gasteiger partial charge in [0, 0.05) is 0 Å². The van der Waals surface area contributed by atoms with Crippen LogP contribution in [0.25, 0.3) is 0 Å². The van der Waals surface area contributed by atoms with E-state index in [9.17, 15) is 9.59 Å². The van der Waals surface area contributed by atoms with E-state index in [1.54, 1.807) is 0 Å². The van der Waals surface area contributed by atoms with E-state index >= 15 is 0 Å². The van der Waals surface area contributed by atoms with Crippen molar-refractivity contribution in [3.63, 3.8) is 0 Å². The van der Waals surface area contributed by atoms with Crippen molar-refractivity contribution in [2.45, 2.75) is 18.7 Å². The summed E-state index contributed by atoms with van der Waals surface area (Å²) in [5, 5.41) is 8.75. The summed E-state index contributed by atoms with van der Waals surface area (Å²) in [5.74, 6) is -0.401. The predicted octanol–water partition coefficient (Wildman–Crippen LogP) is -1.01. The average Bonchev–Trinajstić information content (AvgIpc) is 2.50. The molecule has 2 fully saturated rings. The molecule has 0 saturated carbocycles. The van der Waals surface area contributed by atoms with Gasteiger partial charge < -0.3 is 14.6 Å². The van der Waals surface area contributed by atoms with Crippen LogP contribution in [0.15, 0.2) is 11.8 Å². The molecule has 2 rings (SSSR count). The summed E-state index contributed by atoms with van der Waals surface area (Å²) in [6.45, 7) is -0.239. The zero-order valence-corrected chi connectivity index (χ0v) is 8.17. The molecule has 0 radical (unpaired) electrons. The minimum atomic E-state index is -0.826. The van der Waals surface area contributed by atoms with Crippen LogP contribution in [0.5, 0.6) is 0 Å². The Bertz CT molecular complexity index is 337. The molecule has 0 aromatic carbocycles. The molecule has 6 heteroatoms. The fraction of sp³-hybridized carbons (Fsp3) is 0.556. The number of hydrogen-bond donors (Lipinski definition) is 1. The molecule has 2 aliphatic rings. The van der Waals surface area contributed by atoms with Crippen molar-refractivity contribution in [3.8, 4) is 0 Å². The quantitative estimate of drug-likeness (QED) is 0.470. The van der Waals surface area contributed by atoms with Gasteiger partial charge in [-0.2, -0.15) is 0 Å².